The highest BCUT2D eigenvalue weighted by Gasteiger charge is 2.18. The molecule has 94 valence electrons. The lowest BCUT2D eigenvalue weighted by Gasteiger charge is -2.01. The molecule has 0 spiro atoms. The highest BCUT2D eigenvalue weighted by molar-refractivity contribution is 7.90. The van der Waals surface area contributed by atoms with Gasteiger partial charge in [0.1, 0.15) is 0 Å². The SMILES string of the molecule is O=C(O)c1nc(CS(=O)(=O)c2ccccc2)cs1. The molecule has 1 aromatic carbocycles. The van der Waals surface area contributed by atoms with E-state index in [0.717, 1.165) is 11.3 Å². The zero-order valence-electron chi connectivity index (χ0n) is 9.11. The van der Waals surface area contributed by atoms with Crippen LogP contribution in [0.1, 0.15) is 15.5 Å². The zero-order valence-corrected chi connectivity index (χ0v) is 10.7. The van der Waals surface area contributed by atoms with Gasteiger partial charge in [-0.2, -0.15) is 0 Å². The van der Waals surface area contributed by atoms with Gasteiger partial charge in [0.25, 0.3) is 0 Å². The van der Waals surface area contributed by atoms with Crippen molar-refractivity contribution in [3.8, 4) is 0 Å². The van der Waals surface area contributed by atoms with Crippen LogP contribution >= 0.6 is 11.3 Å². The predicted molar refractivity (Wildman–Crippen MR) is 66.4 cm³/mol. The molecule has 0 aliphatic rings. The molecule has 2 aromatic rings. The maximum absolute atomic E-state index is 12.0. The van der Waals surface area contributed by atoms with Crippen molar-refractivity contribution < 1.29 is 18.3 Å². The summed E-state index contributed by atoms with van der Waals surface area (Å²) < 4.78 is 24.0. The summed E-state index contributed by atoms with van der Waals surface area (Å²) in [6.07, 6.45) is 0. The molecule has 0 saturated carbocycles. The van der Waals surface area contributed by atoms with Crippen molar-refractivity contribution in [1.29, 1.82) is 0 Å². The first kappa shape index (κ1) is 12.7. The Morgan fingerprint density at radius 1 is 1.28 bits per heavy atom. The Morgan fingerprint density at radius 3 is 2.50 bits per heavy atom. The maximum Gasteiger partial charge on any atom is 0.365 e. The van der Waals surface area contributed by atoms with Gasteiger partial charge < -0.3 is 5.11 Å². The van der Waals surface area contributed by atoms with Crippen molar-refractivity contribution in [3.05, 3.63) is 46.4 Å². The van der Waals surface area contributed by atoms with Crippen LogP contribution in [-0.4, -0.2) is 24.5 Å². The lowest BCUT2D eigenvalue weighted by Crippen LogP contribution is -2.05. The molecule has 0 saturated heterocycles. The van der Waals surface area contributed by atoms with Gasteiger partial charge in [0.2, 0.25) is 5.01 Å². The van der Waals surface area contributed by atoms with Crippen LogP contribution in [0.4, 0.5) is 0 Å². The van der Waals surface area contributed by atoms with Crippen molar-refractivity contribution >= 4 is 27.1 Å². The molecule has 0 unspecified atom stereocenters. The van der Waals surface area contributed by atoms with Crippen molar-refractivity contribution in [3.63, 3.8) is 0 Å². The third-order valence-electron chi connectivity index (χ3n) is 2.17. The molecule has 1 heterocycles. The van der Waals surface area contributed by atoms with Crippen LogP contribution in [0, 0.1) is 0 Å². The third kappa shape index (κ3) is 2.74. The van der Waals surface area contributed by atoms with Crippen LogP contribution in [0.15, 0.2) is 40.6 Å². The zero-order chi connectivity index (χ0) is 13.2. The van der Waals surface area contributed by atoms with Gasteiger partial charge in [-0.1, -0.05) is 18.2 Å². The van der Waals surface area contributed by atoms with Gasteiger partial charge >= 0.3 is 5.97 Å². The summed E-state index contributed by atoms with van der Waals surface area (Å²) in [7, 11) is -3.47. The van der Waals surface area contributed by atoms with Crippen LogP contribution in [0.3, 0.4) is 0 Å². The third-order valence-corrected chi connectivity index (χ3v) is 4.72. The number of carboxylic acid groups (broad SMARTS) is 1. The molecular weight excluding hydrogens is 274 g/mol. The summed E-state index contributed by atoms with van der Waals surface area (Å²) in [5, 5.41) is 10.1. The van der Waals surface area contributed by atoms with Crippen molar-refractivity contribution in [2.75, 3.05) is 0 Å². The molecular formula is C11H9NO4S2. The van der Waals surface area contributed by atoms with E-state index in [9.17, 15) is 13.2 Å². The smallest absolute Gasteiger partial charge is 0.365 e. The van der Waals surface area contributed by atoms with Gasteiger partial charge in [-0.05, 0) is 12.1 Å². The van der Waals surface area contributed by atoms with Crippen LogP contribution < -0.4 is 0 Å². The van der Waals surface area contributed by atoms with Crippen LogP contribution in [0.25, 0.3) is 0 Å². The fraction of sp³-hybridized carbons (Fsp3) is 0.0909. The second kappa shape index (κ2) is 4.87. The Hall–Kier alpha value is -1.73. The molecule has 7 heteroatoms. The Balaban J connectivity index is 2.25. The Kier molecular flexibility index (Phi) is 3.44. The van der Waals surface area contributed by atoms with Crippen LogP contribution in [0.2, 0.25) is 0 Å². The highest BCUT2D eigenvalue weighted by Crippen LogP contribution is 2.17. The first-order valence-electron chi connectivity index (χ1n) is 4.94. The number of hydrogen-bond acceptors (Lipinski definition) is 5. The summed E-state index contributed by atoms with van der Waals surface area (Å²) in [6.45, 7) is 0. The van der Waals surface area contributed by atoms with Crippen molar-refractivity contribution in [2.45, 2.75) is 10.6 Å². The van der Waals surface area contributed by atoms with E-state index < -0.39 is 15.8 Å². The number of nitrogens with zero attached hydrogens (tertiary/aromatic N) is 1. The van der Waals surface area contributed by atoms with E-state index in [-0.39, 0.29) is 21.3 Å². The molecule has 2 rings (SSSR count). The van der Waals surface area contributed by atoms with Gasteiger partial charge in [0.05, 0.1) is 16.3 Å². The summed E-state index contributed by atoms with van der Waals surface area (Å²) in [5.41, 5.74) is 0.251. The second-order valence-electron chi connectivity index (χ2n) is 3.52. The molecule has 1 aromatic heterocycles. The maximum atomic E-state index is 12.0. The number of thiazole rings is 1. The minimum Gasteiger partial charge on any atom is -0.476 e. The van der Waals surface area contributed by atoms with E-state index in [2.05, 4.69) is 4.98 Å². The monoisotopic (exact) mass is 283 g/mol. The molecule has 0 aliphatic heterocycles. The molecule has 0 bridgehead atoms. The predicted octanol–water partition coefficient (Wildman–Crippen LogP) is 1.82. The standard InChI is InChI=1S/C11H9NO4S2/c13-11(14)10-12-8(6-17-10)7-18(15,16)9-4-2-1-3-5-9/h1-6H,7H2,(H,13,14). The van der Waals surface area contributed by atoms with E-state index in [1.165, 1.54) is 17.5 Å². The summed E-state index contributed by atoms with van der Waals surface area (Å²) in [6, 6.07) is 8.00. The minimum absolute atomic E-state index is 0.103. The summed E-state index contributed by atoms with van der Waals surface area (Å²) in [5.74, 6) is -1.44. The average molecular weight is 283 g/mol. The molecule has 0 fully saturated rings. The van der Waals surface area contributed by atoms with E-state index in [4.69, 9.17) is 5.11 Å². The highest BCUT2D eigenvalue weighted by atomic mass is 32.2. The van der Waals surface area contributed by atoms with Gasteiger partial charge in [-0.3, -0.25) is 0 Å². The molecule has 0 aliphatic carbocycles. The van der Waals surface area contributed by atoms with E-state index in [0.29, 0.717) is 0 Å². The number of rotatable bonds is 4. The number of carboxylic acids is 1. The Labute approximate surface area is 108 Å². The largest absolute Gasteiger partial charge is 0.476 e. The normalized spacial score (nSPS) is 11.3. The van der Waals surface area contributed by atoms with E-state index >= 15 is 0 Å². The minimum atomic E-state index is -3.47. The number of aromatic carboxylic acids is 1. The summed E-state index contributed by atoms with van der Waals surface area (Å²) in [4.78, 5) is 14.6. The molecule has 0 amide bonds. The van der Waals surface area contributed by atoms with Gasteiger partial charge in [-0.15, -0.1) is 11.3 Å². The van der Waals surface area contributed by atoms with Gasteiger partial charge in [0.15, 0.2) is 9.84 Å². The number of benzene rings is 1. The number of aromatic nitrogens is 1. The fourth-order valence-corrected chi connectivity index (χ4v) is 3.41. The topological polar surface area (TPSA) is 84.3 Å². The lowest BCUT2D eigenvalue weighted by molar-refractivity contribution is 0.0696. The quantitative estimate of drug-likeness (QED) is 0.925. The number of sulfone groups is 1. The van der Waals surface area contributed by atoms with E-state index in [1.54, 1.807) is 18.2 Å². The van der Waals surface area contributed by atoms with Gasteiger partial charge in [-0.25, -0.2) is 18.2 Å². The molecule has 0 radical (unpaired) electrons. The first-order chi connectivity index (χ1) is 8.49. The Bertz CT molecular complexity index is 661. The molecule has 18 heavy (non-hydrogen) atoms. The molecule has 1 N–H and O–H groups in total. The van der Waals surface area contributed by atoms with E-state index in [1.807, 2.05) is 0 Å². The Morgan fingerprint density at radius 2 is 1.94 bits per heavy atom. The number of hydrogen-bond donors (Lipinski definition) is 1. The fourth-order valence-electron chi connectivity index (χ4n) is 1.38. The van der Waals surface area contributed by atoms with Crippen molar-refractivity contribution in [1.82, 2.24) is 4.98 Å². The molecule has 5 nitrogen and oxygen atoms in total. The number of carbonyl (C=O) groups is 1. The van der Waals surface area contributed by atoms with Crippen molar-refractivity contribution in [2.24, 2.45) is 0 Å². The average Bonchev–Trinajstić information content (AvgIpc) is 2.78. The van der Waals surface area contributed by atoms with Gasteiger partial charge in [0, 0.05) is 5.38 Å². The molecule has 0 atom stereocenters. The van der Waals surface area contributed by atoms with Crippen LogP contribution in [-0.2, 0) is 15.6 Å². The second-order valence-corrected chi connectivity index (χ2v) is 6.37. The van der Waals surface area contributed by atoms with Crippen LogP contribution in [0.5, 0.6) is 0 Å². The first-order valence-corrected chi connectivity index (χ1v) is 7.48. The lowest BCUT2D eigenvalue weighted by atomic mass is 10.4. The summed E-state index contributed by atoms with van der Waals surface area (Å²) >= 11 is 0.918.